The van der Waals surface area contributed by atoms with Gasteiger partial charge >= 0.3 is 0 Å². The van der Waals surface area contributed by atoms with E-state index in [-0.39, 0.29) is 17.7 Å². The molecule has 2 aromatic rings. The zero-order valence-electron chi connectivity index (χ0n) is 17.9. The molecule has 6 nitrogen and oxygen atoms in total. The second-order valence-corrected chi connectivity index (χ2v) is 9.30. The summed E-state index contributed by atoms with van der Waals surface area (Å²) < 4.78 is 5.53. The summed E-state index contributed by atoms with van der Waals surface area (Å²) in [5.74, 6) is 3.95. The maximum atomic E-state index is 12.1. The van der Waals surface area contributed by atoms with Gasteiger partial charge in [-0.1, -0.05) is 25.9 Å². The summed E-state index contributed by atoms with van der Waals surface area (Å²) >= 11 is 0. The molecule has 29 heavy (non-hydrogen) atoms. The minimum atomic E-state index is 0.250. The van der Waals surface area contributed by atoms with E-state index in [9.17, 15) is 4.79 Å². The summed E-state index contributed by atoms with van der Waals surface area (Å²) in [6.07, 6.45) is 7.33. The first-order valence-electron chi connectivity index (χ1n) is 11.0. The largest absolute Gasteiger partial charge is 0.356 e. The van der Waals surface area contributed by atoms with Crippen molar-refractivity contribution in [3.8, 4) is 11.3 Å². The van der Waals surface area contributed by atoms with Gasteiger partial charge in [0.1, 0.15) is 5.82 Å². The number of hydrogen-bond acceptors (Lipinski definition) is 5. The maximum absolute atomic E-state index is 12.1. The number of carbonyl (C=O) groups excluding carboxylic acids is 1. The summed E-state index contributed by atoms with van der Waals surface area (Å²) in [6.45, 7) is 9.13. The number of carbonyl (C=O) groups is 1. The summed E-state index contributed by atoms with van der Waals surface area (Å²) in [4.78, 5) is 21.6. The molecule has 0 saturated heterocycles. The Labute approximate surface area is 172 Å². The molecule has 2 aliphatic carbocycles. The molecule has 6 heteroatoms. The second-order valence-electron chi connectivity index (χ2n) is 9.30. The van der Waals surface area contributed by atoms with Crippen LogP contribution in [0.1, 0.15) is 81.9 Å². The van der Waals surface area contributed by atoms with Crippen molar-refractivity contribution in [3.63, 3.8) is 0 Å². The molecule has 2 fully saturated rings. The molecule has 2 atom stereocenters. The predicted octanol–water partition coefficient (Wildman–Crippen LogP) is 4.61. The van der Waals surface area contributed by atoms with Crippen LogP contribution >= 0.6 is 0 Å². The molecule has 1 N–H and O–H groups in total. The first-order chi connectivity index (χ1) is 13.9. The summed E-state index contributed by atoms with van der Waals surface area (Å²) in [7, 11) is 0. The lowest BCUT2D eigenvalue weighted by Crippen LogP contribution is -2.32. The van der Waals surface area contributed by atoms with Crippen LogP contribution in [0.2, 0.25) is 0 Å². The molecule has 0 aliphatic heterocycles. The average molecular weight is 397 g/mol. The van der Waals surface area contributed by atoms with Gasteiger partial charge in [0.25, 0.3) is 0 Å². The first-order valence-corrected chi connectivity index (χ1v) is 11.0. The summed E-state index contributed by atoms with van der Waals surface area (Å²) in [5, 5.41) is 7.22. The van der Waals surface area contributed by atoms with E-state index in [0.717, 1.165) is 67.2 Å². The van der Waals surface area contributed by atoms with Gasteiger partial charge < -0.3 is 9.84 Å². The zero-order chi connectivity index (χ0) is 20.5. The lowest BCUT2D eigenvalue weighted by Gasteiger charge is -2.29. The highest BCUT2D eigenvalue weighted by Gasteiger charge is 2.39. The molecule has 0 unspecified atom stereocenters. The highest BCUT2D eigenvalue weighted by atomic mass is 16.5. The van der Waals surface area contributed by atoms with E-state index in [2.05, 4.69) is 36.2 Å². The normalized spacial score (nSPS) is 26.5. The fraction of sp³-hybridized carbons (Fsp3) is 0.652. The van der Waals surface area contributed by atoms with Crippen molar-refractivity contribution in [2.75, 3.05) is 6.54 Å². The molecule has 2 aliphatic rings. The molecular weight excluding hydrogens is 364 g/mol. The van der Waals surface area contributed by atoms with Crippen molar-refractivity contribution in [2.45, 2.75) is 71.6 Å². The van der Waals surface area contributed by atoms with Gasteiger partial charge in [0.2, 0.25) is 5.91 Å². The van der Waals surface area contributed by atoms with E-state index in [4.69, 9.17) is 9.51 Å². The van der Waals surface area contributed by atoms with Gasteiger partial charge in [0, 0.05) is 36.6 Å². The fourth-order valence-corrected chi connectivity index (χ4v) is 4.38. The van der Waals surface area contributed by atoms with Crippen LogP contribution in [0, 0.1) is 24.7 Å². The fourth-order valence-electron chi connectivity index (χ4n) is 4.38. The highest BCUT2D eigenvalue weighted by Crippen LogP contribution is 2.40. The minimum absolute atomic E-state index is 0.250. The maximum Gasteiger partial charge on any atom is 0.223 e. The first kappa shape index (κ1) is 20.0. The van der Waals surface area contributed by atoms with Crippen LogP contribution < -0.4 is 5.32 Å². The predicted molar refractivity (Wildman–Crippen MR) is 111 cm³/mol. The molecule has 4 rings (SSSR count). The van der Waals surface area contributed by atoms with Crippen LogP contribution in [0.5, 0.6) is 0 Å². The minimum Gasteiger partial charge on any atom is -0.356 e. The summed E-state index contributed by atoms with van der Waals surface area (Å²) in [5.41, 5.74) is 2.92. The molecule has 0 spiro atoms. The van der Waals surface area contributed by atoms with E-state index in [1.165, 1.54) is 0 Å². The van der Waals surface area contributed by atoms with Gasteiger partial charge in [-0.2, -0.15) is 0 Å². The molecule has 0 bridgehead atoms. The van der Waals surface area contributed by atoms with Gasteiger partial charge in [0.05, 0.1) is 17.0 Å². The number of nitrogens with one attached hydrogen (secondary N) is 1. The third-order valence-corrected chi connectivity index (χ3v) is 6.49. The van der Waals surface area contributed by atoms with Crippen molar-refractivity contribution in [1.82, 2.24) is 20.4 Å². The number of hydrogen-bond donors (Lipinski definition) is 1. The molecule has 2 aromatic heterocycles. The molecule has 2 heterocycles. The molecule has 0 aromatic carbocycles. The average Bonchev–Trinajstić information content (AvgIpc) is 3.30. The van der Waals surface area contributed by atoms with Gasteiger partial charge in [-0.15, -0.1) is 0 Å². The molecule has 1 amide bonds. The van der Waals surface area contributed by atoms with Crippen molar-refractivity contribution in [2.24, 2.45) is 17.8 Å². The van der Waals surface area contributed by atoms with Crippen molar-refractivity contribution in [1.29, 1.82) is 0 Å². The van der Waals surface area contributed by atoms with Crippen molar-refractivity contribution >= 4 is 5.91 Å². The van der Waals surface area contributed by atoms with Crippen LogP contribution in [0.3, 0.4) is 0 Å². The topological polar surface area (TPSA) is 80.9 Å². The Kier molecular flexibility index (Phi) is 5.70. The van der Waals surface area contributed by atoms with Gasteiger partial charge in [-0.05, 0) is 50.9 Å². The number of amides is 1. The molecule has 156 valence electrons. The molecular formula is C23H32N4O2. The Morgan fingerprint density at radius 2 is 2.00 bits per heavy atom. The quantitative estimate of drug-likeness (QED) is 0.771. The van der Waals surface area contributed by atoms with E-state index in [1.807, 2.05) is 19.2 Å². The van der Waals surface area contributed by atoms with E-state index in [0.29, 0.717) is 17.8 Å². The van der Waals surface area contributed by atoms with Crippen LogP contribution in [-0.2, 0) is 4.79 Å². The van der Waals surface area contributed by atoms with Crippen LogP contribution in [0.15, 0.2) is 16.8 Å². The van der Waals surface area contributed by atoms with Gasteiger partial charge in [-0.3, -0.25) is 4.79 Å². The van der Waals surface area contributed by atoms with E-state index in [1.54, 1.807) is 0 Å². The van der Waals surface area contributed by atoms with Crippen LogP contribution in [0.25, 0.3) is 11.3 Å². The standard InChI is InChI=1S/C23H32N4O2/c1-13(2)22-24-12-19(20-10-15(4)27-29-20)21(26-22)17-7-5-16(6-8-17)11-25-23(28)18-9-14(18)3/h10,12-14,16-18H,5-9,11H2,1-4H3,(H,25,28)/t14-,16?,17?,18+/m0/s1. The number of aryl methyl sites for hydroxylation is 1. The lowest BCUT2D eigenvalue weighted by atomic mass is 9.79. The Morgan fingerprint density at radius 3 is 2.59 bits per heavy atom. The number of rotatable bonds is 6. The van der Waals surface area contributed by atoms with Crippen LogP contribution in [0.4, 0.5) is 0 Å². The monoisotopic (exact) mass is 396 g/mol. The number of nitrogens with zero attached hydrogens (tertiary/aromatic N) is 3. The van der Waals surface area contributed by atoms with E-state index >= 15 is 0 Å². The Morgan fingerprint density at radius 1 is 1.28 bits per heavy atom. The Bertz CT molecular complexity index is 868. The van der Waals surface area contributed by atoms with Gasteiger partial charge in [-0.25, -0.2) is 9.97 Å². The third kappa shape index (κ3) is 4.51. The Balaban J connectivity index is 1.44. The summed E-state index contributed by atoms with van der Waals surface area (Å²) in [6, 6.07) is 1.96. The van der Waals surface area contributed by atoms with Gasteiger partial charge in [0.15, 0.2) is 5.76 Å². The third-order valence-electron chi connectivity index (χ3n) is 6.49. The zero-order valence-corrected chi connectivity index (χ0v) is 17.9. The number of aromatic nitrogens is 3. The second kappa shape index (κ2) is 8.25. The Hall–Kier alpha value is -2.24. The molecule has 0 radical (unpaired) electrons. The lowest BCUT2D eigenvalue weighted by molar-refractivity contribution is -0.122. The smallest absolute Gasteiger partial charge is 0.223 e. The van der Waals surface area contributed by atoms with E-state index < -0.39 is 0 Å². The molecule has 2 saturated carbocycles. The van der Waals surface area contributed by atoms with Crippen molar-refractivity contribution < 1.29 is 9.32 Å². The van der Waals surface area contributed by atoms with Crippen molar-refractivity contribution in [3.05, 3.63) is 29.5 Å². The highest BCUT2D eigenvalue weighted by molar-refractivity contribution is 5.81. The van der Waals surface area contributed by atoms with Crippen LogP contribution in [-0.4, -0.2) is 27.6 Å². The SMILES string of the molecule is Cc1cc(-c2cnc(C(C)C)nc2C2CCC(CNC(=O)[C@@H]3C[C@@H]3C)CC2)on1.